The molecule has 5 fully saturated rings. The summed E-state index contributed by atoms with van der Waals surface area (Å²) in [6.45, 7) is 5.06. The standard InChI is InChI=1S/C13H20N4O2/c1-9(18)15-12-6-13(7-12,8-12)17-5-10-4-14-2-3-16(10)11(17)19/h10,14H,2-8H2,1H3,(H,15,18). The quantitative estimate of drug-likeness (QED) is 0.707. The summed E-state index contributed by atoms with van der Waals surface area (Å²) in [5, 5.41) is 6.40. The van der Waals surface area contributed by atoms with E-state index in [0.29, 0.717) is 6.04 Å². The number of nitrogens with zero attached hydrogens (tertiary/aromatic N) is 2. The molecule has 1 unspecified atom stereocenters. The van der Waals surface area contributed by atoms with E-state index in [1.165, 1.54) is 0 Å². The first-order valence-electron chi connectivity index (χ1n) is 7.11. The van der Waals surface area contributed by atoms with Crippen molar-refractivity contribution in [1.29, 1.82) is 0 Å². The number of fused-ring (bicyclic) bond motifs is 1. The maximum atomic E-state index is 12.5. The molecule has 3 amide bonds. The summed E-state index contributed by atoms with van der Waals surface area (Å²) in [5.41, 5.74) is 0.0599. The van der Waals surface area contributed by atoms with Crippen LogP contribution in [0.2, 0.25) is 0 Å². The van der Waals surface area contributed by atoms with E-state index in [2.05, 4.69) is 15.5 Å². The fourth-order valence-corrected chi connectivity index (χ4v) is 4.54. The van der Waals surface area contributed by atoms with Crippen molar-refractivity contribution in [2.75, 3.05) is 26.2 Å². The SMILES string of the molecule is CC(=O)NC12CC(N3CC4CNCCN4C3=O)(C1)C2. The molecule has 0 aromatic rings. The summed E-state index contributed by atoms with van der Waals surface area (Å²) >= 11 is 0. The Hall–Kier alpha value is -1.30. The molecule has 0 spiro atoms. The van der Waals surface area contributed by atoms with Crippen molar-refractivity contribution < 1.29 is 9.59 Å². The number of hydrogen-bond acceptors (Lipinski definition) is 3. The summed E-state index contributed by atoms with van der Waals surface area (Å²) in [4.78, 5) is 27.7. The molecule has 5 aliphatic rings. The van der Waals surface area contributed by atoms with Gasteiger partial charge in [0.2, 0.25) is 5.91 Å². The van der Waals surface area contributed by atoms with Crippen LogP contribution in [0, 0.1) is 0 Å². The van der Waals surface area contributed by atoms with Gasteiger partial charge in [-0.15, -0.1) is 0 Å². The lowest BCUT2D eigenvalue weighted by Gasteiger charge is -2.72. The Balaban J connectivity index is 1.46. The molecule has 3 saturated carbocycles. The van der Waals surface area contributed by atoms with E-state index >= 15 is 0 Å². The first-order chi connectivity index (χ1) is 9.04. The van der Waals surface area contributed by atoms with Crippen molar-refractivity contribution in [3.05, 3.63) is 0 Å². The fourth-order valence-electron chi connectivity index (χ4n) is 4.54. The van der Waals surface area contributed by atoms with E-state index in [0.717, 1.165) is 45.4 Å². The third-order valence-electron chi connectivity index (χ3n) is 5.24. The molecule has 6 nitrogen and oxygen atoms in total. The Morgan fingerprint density at radius 3 is 2.79 bits per heavy atom. The summed E-state index contributed by atoms with van der Waals surface area (Å²) in [6, 6.07) is 0.551. The minimum atomic E-state index is 0.00740. The van der Waals surface area contributed by atoms with Crippen LogP contribution >= 0.6 is 0 Å². The minimum Gasteiger partial charge on any atom is -0.351 e. The third-order valence-corrected chi connectivity index (χ3v) is 5.24. The molecular formula is C13H20N4O2. The highest BCUT2D eigenvalue weighted by Gasteiger charge is 2.73. The van der Waals surface area contributed by atoms with Crippen molar-refractivity contribution in [3.63, 3.8) is 0 Å². The highest BCUT2D eigenvalue weighted by atomic mass is 16.2. The zero-order valence-corrected chi connectivity index (χ0v) is 11.2. The zero-order chi connectivity index (χ0) is 13.3. The van der Waals surface area contributed by atoms with Gasteiger partial charge in [-0.25, -0.2) is 4.79 Å². The van der Waals surface area contributed by atoms with E-state index in [4.69, 9.17) is 0 Å². The fraction of sp³-hybridized carbons (Fsp3) is 0.846. The second kappa shape index (κ2) is 3.42. The van der Waals surface area contributed by atoms with Gasteiger partial charge in [0.25, 0.3) is 0 Å². The van der Waals surface area contributed by atoms with Gasteiger partial charge in [-0.3, -0.25) is 4.79 Å². The third kappa shape index (κ3) is 1.40. The van der Waals surface area contributed by atoms with Crippen molar-refractivity contribution in [2.24, 2.45) is 0 Å². The number of amides is 3. The largest absolute Gasteiger partial charge is 0.351 e. The van der Waals surface area contributed by atoms with Gasteiger partial charge < -0.3 is 20.4 Å². The van der Waals surface area contributed by atoms with Crippen LogP contribution in [-0.4, -0.2) is 65.0 Å². The molecule has 2 bridgehead atoms. The predicted octanol–water partition coefficient (Wildman–Crippen LogP) is -0.493. The summed E-state index contributed by atoms with van der Waals surface area (Å²) < 4.78 is 0. The molecule has 19 heavy (non-hydrogen) atoms. The van der Waals surface area contributed by atoms with E-state index in [9.17, 15) is 9.59 Å². The molecule has 6 heteroatoms. The van der Waals surface area contributed by atoms with Crippen LogP contribution < -0.4 is 10.6 Å². The smallest absolute Gasteiger partial charge is 0.320 e. The summed E-state index contributed by atoms with van der Waals surface area (Å²) in [7, 11) is 0. The Morgan fingerprint density at radius 2 is 2.16 bits per heavy atom. The van der Waals surface area contributed by atoms with Crippen LogP contribution in [0.5, 0.6) is 0 Å². The minimum absolute atomic E-state index is 0.00740. The zero-order valence-electron chi connectivity index (χ0n) is 11.2. The average Bonchev–Trinajstić information content (AvgIpc) is 2.60. The van der Waals surface area contributed by atoms with Gasteiger partial charge in [-0.05, 0) is 19.3 Å². The van der Waals surface area contributed by atoms with Crippen LogP contribution in [-0.2, 0) is 4.79 Å². The van der Waals surface area contributed by atoms with Crippen LogP contribution in [0.4, 0.5) is 4.79 Å². The van der Waals surface area contributed by atoms with Crippen LogP contribution in [0.1, 0.15) is 26.2 Å². The number of nitrogens with one attached hydrogen (secondary N) is 2. The highest BCUT2D eigenvalue weighted by molar-refractivity contribution is 5.80. The van der Waals surface area contributed by atoms with E-state index < -0.39 is 0 Å². The lowest BCUT2D eigenvalue weighted by molar-refractivity contribution is -0.164. The first kappa shape index (κ1) is 11.5. The molecule has 0 aromatic carbocycles. The first-order valence-corrected chi connectivity index (χ1v) is 7.11. The van der Waals surface area contributed by atoms with Crippen LogP contribution in [0.15, 0.2) is 0 Å². The van der Waals surface area contributed by atoms with Gasteiger partial charge in [-0.2, -0.15) is 0 Å². The molecule has 0 aromatic heterocycles. The van der Waals surface area contributed by atoms with Crippen LogP contribution in [0.3, 0.4) is 0 Å². The normalized spacial score (nSPS) is 43.4. The van der Waals surface area contributed by atoms with Crippen molar-refractivity contribution in [1.82, 2.24) is 20.4 Å². The lowest BCUT2D eigenvalue weighted by Crippen LogP contribution is -2.83. The lowest BCUT2D eigenvalue weighted by atomic mass is 9.43. The van der Waals surface area contributed by atoms with Gasteiger partial charge in [0.15, 0.2) is 0 Å². The summed E-state index contributed by atoms with van der Waals surface area (Å²) in [5.74, 6) is 0.0441. The molecule has 2 N–H and O–H groups in total. The van der Waals surface area contributed by atoms with Gasteiger partial charge in [0.05, 0.1) is 11.6 Å². The average molecular weight is 264 g/mol. The van der Waals surface area contributed by atoms with Crippen molar-refractivity contribution in [3.8, 4) is 0 Å². The van der Waals surface area contributed by atoms with Crippen molar-refractivity contribution >= 4 is 11.9 Å². The highest BCUT2D eigenvalue weighted by Crippen LogP contribution is 2.64. The number of piperazine rings is 1. The second-order valence-electron chi connectivity index (χ2n) is 6.66. The maximum Gasteiger partial charge on any atom is 0.320 e. The molecule has 2 aliphatic heterocycles. The number of carbonyl (C=O) groups excluding carboxylic acids is 2. The topological polar surface area (TPSA) is 64.7 Å². The molecule has 2 saturated heterocycles. The van der Waals surface area contributed by atoms with Gasteiger partial charge in [0.1, 0.15) is 0 Å². The van der Waals surface area contributed by atoms with E-state index in [1.807, 2.05) is 4.90 Å². The molecule has 5 rings (SSSR count). The number of carbonyl (C=O) groups is 2. The monoisotopic (exact) mass is 264 g/mol. The Bertz CT molecular complexity index is 444. The molecular weight excluding hydrogens is 244 g/mol. The Morgan fingerprint density at radius 1 is 1.42 bits per heavy atom. The molecule has 104 valence electrons. The van der Waals surface area contributed by atoms with Gasteiger partial charge in [-0.1, -0.05) is 0 Å². The molecule has 3 aliphatic carbocycles. The predicted molar refractivity (Wildman–Crippen MR) is 68.6 cm³/mol. The molecule has 0 radical (unpaired) electrons. The van der Waals surface area contributed by atoms with E-state index in [1.54, 1.807) is 6.92 Å². The summed E-state index contributed by atoms with van der Waals surface area (Å²) in [6.07, 6.45) is 2.83. The second-order valence-corrected chi connectivity index (χ2v) is 6.66. The molecule has 1 atom stereocenters. The van der Waals surface area contributed by atoms with Crippen molar-refractivity contribution in [2.45, 2.75) is 43.3 Å². The maximum absolute atomic E-state index is 12.5. The number of hydrogen-bond donors (Lipinski definition) is 2. The number of rotatable bonds is 2. The number of urea groups is 1. The Kier molecular flexibility index (Phi) is 2.07. The van der Waals surface area contributed by atoms with Crippen LogP contribution in [0.25, 0.3) is 0 Å². The van der Waals surface area contributed by atoms with Gasteiger partial charge >= 0.3 is 6.03 Å². The van der Waals surface area contributed by atoms with E-state index in [-0.39, 0.29) is 23.0 Å². The Labute approximate surface area is 112 Å². The molecule has 2 heterocycles. The van der Waals surface area contributed by atoms with Gasteiger partial charge in [0, 0.05) is 38.6 Å².